The van der Waals surface area contributed by atoms with Gasteiger partial charge in [-0.15, -0.1) is 0 Å². The van der Waals surface area contributed by atoms with Crippen LogP contribution in [0.1, 0.15) is 43.0 Å². The normalized spacial score (nSPS) is 13.2. The number of nitrogen functional groups attached to an aromatic ring is 1. The van der Waals surface area contributed by atoms with Gasteiger partial charge in [0.25, 0.3) is 0 Å². The number of benzene rings is 3. The Morgan fingerprint density at radius 1 is 1.03 bits per heavy atom. The molecule has 198 valence electrons. The zero-order chi connectivity index (χ0) is 28.1. The molecule has 1 atom stereocenters. The van der Waals surface area contributed by atoms with Crippen molar-refractivity contribution in [2.75, 3.05) is 21.7 Å². The zero-order valence-corrected chi connectivity index (χ0v) is 28.4. The molecule has 0 heterocycles. The first-order valence-corrected chi connectivity index (χ1v) is 15.2. The van der Waals surface area contributed by atoms with Crippen LogP contribution in [-0.2, 0) is 14.9 Å². The molecule has 14 heteroatoms. The molecule has 4 rings (SSSR count). The SMILES string of the molecule is Cc1cc(C)c(Nc2cc(S(=O)(=O)[O-])c(N)c3c2C(=O)c2ccccc2C3=O)c(Br)c1NC(=O)C(Br)CBr.[Na+]. The summed E-state index contributed by atoms with van der Waals surface area (Å²) in [5.74, 6) is -1.55. The Morgan fingerprint density at radius 3 is 2.10 bits per heavy atom. The molecule has 0 saturated carbocycles. The molecule has 39 heavy (non-hydrogen) atoms. The van der Waals surface area contributed by atoms with Crippen LogP contribution in [-0.4, -0.2) is 40.6 Å². The third-order valence-corrected chi connectivity index (χ3v) is 9.98. The number of nitrogens with two attached hydrogens (primary N) is 1. The molecule has 3 aromatic carbocycles. The zero-order valence-electron chi connectivity index (χ0n) is 20.8. The summed E-state index contributed by atoms with van der Waals surface area (Å²) in [5.41, 5.74) is 7.19. The van der Waals surface area contributed by atoms with Gasteiger partial charge in [0.2, 0.25) is 5.91 Å². The van der Waals surface area contributed by atoms with Crippen molar-refractivity contribution in [3.05, 3.63) is 74.3 Å². The number of halogens is 3. The van der Waals surface area contributed by atoms with Crippen molar-refractivity contribution in [1.82, 2.24) is 0 Å². The fraction of sp³-hybridized carbons (Fsp3) is 0.160. The van der Waals surface area contributed by atoms with Crippen LogP contribution in [0.4, 0.5) is 22.7 Å². The molecule has 1 amide bonds. The van der Waals surface area contributed by atoms with Crippen molar-refractivity contribution >= 4 is 98.1 Å². The molecule has 1 aliphatic carbocycles. The third-order valence-electron chi connectivity index (χ3n) is 6.06. The smallest absolute Gasteiger partial charge is 0.744 e. The number of carbonyl (C=O) groups is 3. The number of nitrogens with one attached hydrogen (secondary N) is 2. The van der Waals surface area contributed by atoms with Crippen molar-refractivity contribution in [2.45, 2.75) is 23.6 Å². The van der Waals surface area contributed by atoms with Crippen molar-refractivity contribution in [3.8, 4) is 0 Å². The fourth-order valence-corrected chi connectivity index (χ4v) is 6.12. The van der Waals surface area contributed by atoms with Crippen LogP contribution in [0.5, 0.6) is 0 Å². The monoisotopic (exact) mass is 749 g/mol. The van der Waals surface area contributed by atoms with Gasteiger partial charge in [-0.3, -0.25) is 14.4 Å². The predicted molar refractivity (Wildman–Crippen MR) is 154 cm³/mol. The average Bonchev–Trinajstić information content (AvgIpc) is 2.86. The summed E-state index contributed by atoms with van der Waals surface area (Å²) in [6.45, 7) is 3.55. The third kappa shape index (κ3) is 5.91. The summed E-state index contributed by atoms with van der Waals surface area (Å²) >= 11 is 10.0. The number of aryl methyl sites for hydroxylation is 2. The number of hydrogen-bond acceptors (Lipinski definition) is 8. The Kier molecular flexibility index (Phi) is 9.92. The Labute approximate surface area is 272 Å². The minimum atomic E-state index is -5.12. The van der Waals surface area contributed by atoms with Crippen LogP contribution in [0, 0.1) is 13.8 Å². The molecule has 1 aliphatic rings. The van der Waals surface area contributed by atoms with Gasteiger partial charge in [-0.1, -0.05) is 62.2 Å². The van der Waals surface area contributed by atoms with Crippen LogP contribution < -0.4 is 45.9 Å². The van der Waals surface area contributed by atoms with Gasteiger partial charge in [0.05, 0.1) is 43.2 Å². The van der Waals surface area contributed by atoms with E-state index < -0.39 is 37.1 Å². The molecule has 0 radical (unpaired) electrons. The molecule has 3 aromatic rings. The van der Waals surface area contributed by atoms with E-state index in [2.05, 4.69) is 58.4 Å². The molecule has 1 unspecified atom stereocenters. The first-order chi connectivity index (χ1) is 17.8. The van der Waals surface area contributed by atoms with E-state index in [0.717, 1.165) is 11.6 Å². The molecule has 4 N–H and O–H groups in total. The maximum absolute atomic E-state index is 13.6. The van der Waals surface area contributed by atoms with Gasteiger partial charge < -0.3 is 20.9 Å². The number of alkyl halides is 2. The summed E-state index contributed by atoms with van der Waals surface area (Å²) < 4.78 is 36.7. The maximum Gasteiger partial charge on any atom is 1.00 e. The van der Waals surface area contributed by atoms with E-state index in [0.29, 0.717) is 26.7 Å². The number of fused-ring (bicyclic) bond motifs is 2. The number of amides is 1. The van der Waals surface area contributed by atoms with E-state index in [-0.39, 0.29) is 63.4 Å². The van der Waals surface area contributed by atoms with Crippen LogP contribution in [0.25, 0.3) is 0 Å². The summed E-state index contributed by atoms with van der Waals surface area (Å²) in [6, 6.07) is 8.81. The Bertz CT molecular complexity index is 1660. The van der Waals surface area contributed by atoms with Gasteiger partial charge in [0.15, 0.2) is 11.6 Å². The molecule has 0 fully saturated rings. The Balaban J connectivity index is 0.00000420. The van der Waals surface area contributed by atoms with Gasteiger partial charge in [0.1, 0.15) is 14.9 Å². The summed E-state index contributed by atoms with van der Waals surface area (Å²) in [6.07, 6.45) is 0. The van der Waals surface area contributed by atoms with Gasteiger partial charge in [0, 0.05) is 16.5 Å². The molecule has 0 aliphatic heterocycles. The number of hydrogen-bond donors (Lipinski definition) is 3. The van der Waals surface area contributed by atoms with E-state index in [4.69, 9.17) is 5.73 Å². The molecule has 0 spiro atoms. The number of ketones is 2. The van der Waals surface area contributed by atoms with Crippen LogP contribution in [0.3, 0.4) is 0 Å². The number of carbonyl (C=O) groups excluding carboxylic acids is 3. The first kappa shape index (κ1) is 31.9. The van der Waals surface area contributed by atoms with Gasteiger partial charge in [-0.2, -0.15) is 0 Å². The minimum absolute atomic E-state index is 0. The topological polar surface area (TPSA) is 158 Å². The molecular weight excluding hydrogens is 733 g/mol. The van der Waals surface area contributed by atoms with Crippen LogP contribution in [0.2, 0.25) is 0 Å². The summed E-state index contributed by atoms with van der Waals surface area (Å²) in [7, 11) is -5.12. The van der Waals surface area contributed by atoms with Crippen LogP contribution in [0.15, 0.2) is 45.8 Å². The van der Waals surface area contributed by atoms with Crippen molar-refractivity contribution < 1.29 is 56.9 Å². The quantitative estimate of drug-likeness (QED) is 0.117. The van der Waals surface area contributed by atoms with E-state index in [1.54, 1.807) is 32.0 Å². The molecular formula is C25H19Br3N3NaO6S. The molecule has 0 bridgehead atoms. The average molecular weight is 752 g/mol. The first-order valence-electron chi connectivity index (χ1n) is 11.0. The predicted octanol–water partition coefficient (Wildman–Crippen LogP) is 2.17. The number of rotatable bonds is 6. The maximum atomic E-state index is 13.6. The fourth-order valence-electron chi connectivity index (χ4n) is 4.25. The molecule has 9 nitrogen and oxygen atoms in total. The van der Waals surface area contributed by atoms with E-state index in [1.165, 1.54) is 12.1 Å². The van der Waals surface area contributed by atoms with Crippen molar-refractivity contribution in [1.29, 1.82) is 0 Å². The summed E-state index contributed by atoms with van der Waals surface area (Å²) in [4.78, 5) is 38.2. The van der Waals surface area contributed by atoms with E-state index in [9.17, 15) is 27.4 Å². The second-order valence-electron chi connectivity index (χ2n) is 8.55. The standard InChI is InChI=1S/C25H20Br3N3O6S.Na/c1-10-7-11(2)22(31-25(34)14(27)9-26)19(28)21(10)30-15-8-16(38(35,36)37)20(29)18-17(15)23(32)12-5-3-4-6-13(12)24(18)33;/h3-8,14,30H,9,29H2,1-2H3,(H,31,34)(H,35,36,37);/q;+1/p-1. The second-order valence-corrected chi connectivity index (χ2v) is 12.4. The van der Waals surface area contributed by atoms with Crippen molar-refractivity contribution in [3.63, 3.8) is 0 Å². The summed E-state index contributed by atoms with van der Waals surface area (Å²) in [5, 5.41) is 6.22. The van der Waals surface area contributed by atoms with Gasteiger partial charge in [-0.25, -0.2) is 8.42 Å². The van der Waals surface area contributed by atoms with Crippen molar-refractivity contribution in [2.24, 2.45) is 0 Å². The second kappa shape index (κ2) is 12.1. The largest absolute Gasteiger partial charge is 1.00 e. The molecule has 0 aromatic heterocycles. The number of anilines is 4. The Hall–Kier alpha value is -1.58. The Morgan fingerprint density at radius 2 is 1.56 bits per heavy atom. The molecule has 0 saturated heterocycles. The van der Waals surface area contributed by atoms with Gasteiger partial charge in [-0.05, 0) is 47.0 Å². The van der Waals surface area contributed by atoms with E-state index in [1.807, 2.05) is 0 Å². The van der Waals surface area contributed by atoms with Gasteiger partial charge >= 0.3 is 29.6 Å². The van der Waals surface area contributed by atoms with Crippen LogP contribution >= 0.6 is 47.8 Å². The minimum Gasteiger partial charge on any atom is -0.744 e. The van der Waals surface area contributed by atoms with E-state index >= 15 is 0 Å².